The van der Waals surface area contributed by atoms with Gasteiger partial charge in [-0.2, -0.15) is 0 Å². The van der Waals surface area contributed by atoms with Crippen molar-refractivity contribution >= 4 is 29.2 Å². The first-order chi connectivity index (χ1) is 15.4. The number of ether oxygens (including phenoxy) is 1. The van der Waals surface area contributed by atoms with Crippen LogP contribution in [0.1, 0.15) is 90.8 Å². The monoisotopic (exact) mass is 475 g/mol. The zero-order valence-corrected chi connectivity index (χ0v) is 22.1. The van der Waals surface area contributed by atoms with E-state index in [1.54, 1.807) is 25.2 Å². The number of allylic oxidation sites excluding steroid dienone is 1. The summed E-state index contributed by atoms with van der Waals surface area (Å²) in [5.41, 5.74) is 2.03. The number of aromatic nitrogens is 1. The van der Waals surface area contributed by atoms with E-state index in [-0.39, 0.29) is 18.1 Å². The number of carbonyl (C=O) groups is 2. The fraction of sp³-hybridized carbons (Fsp3) is 0.667. The molecule has 5 nitrogen and oxygen atoms in total. The molecule has 1 aromatic heterocycles. The van der Waals surface area contributed by atoms with Gasteiger partial charge in [0, 0.05) is 17.7 Å². The van der Waals surface area contributed by atoms with E-state index in [2.05, 4.69) is 24.9 Å². The predicted octanol–water partition coefficient (Wildman–Crippen LogP) is 6.30. The average Bonchev–Trinajstić information content (AvgIpc) is 3.13. The summed E-state index contributed by atoms with van der Waals surface area (Å²) in [6.07, 6.45) is 6.87. The van der Waals surface area contributed by atoms with Crippen LogP contribution in [0.3, 0.4) is 0 Å². The molecule has 33 heavy (non-hydrogen) atoms. The molecule has 0 radical (unpaired) electrons. The summed E-state index contributed by atoms with van der Waals surface area (Å²) in [7, 11) is 0. The summed E-state index contributed by atoms with van der Waals surface area (Å²) < 4.78 is 5.84. The number of aliphatic hydroxyl groups excluding tert-OH is 1. The molecule has 0 spiro atoms. The zero-order chi connectivity index (χ0) is 24.8. The molecule has 1 N–H and O–H groups in total. The summed E-state index contributed by atoms with van der Waals surface area (Å²) in [4.78, 5) is 30.4. The Morgan fingerprint density at radius 3 is 2.61 bits per heavy atom. The van der Waals surface area contributed by atoms with Crippen LogP contribution in [0.2, 0.25) is 0 Å². The molecule has 0 bridgehead atoms. The quantitative estimate of drug-likeness (QED) is 0.401. The number of cyclic esters (lactones) is 1. The van der Waals surface area contributed by atoms with Gasteiger partial charge in [0.1, 0.15) is 11.9 Å². The molecular formula is C27H41NO4S. The van der Waals surface area contributed by atoms with E-state index in [0.717, 1.165) is 42.0 Å². The van der Waals surface area contributed by atoms with Gasteiger partial charge in [-0.3, -0.25) is 9.59 Å². The van der Waals surface area contributed by atoms with Crippen molar-refractivity contribution in [3.8, 4) is 0 Å². The lowest BCUT2D eigenvalue weighted by Crippen LogP contribution is -2.42. The highest BCUT2D eigenvalue weighted by Gasteiger charge is 2.39. The number of ketones is 1. The fourth-order valence-electron chi connectivity index (χ4n) is 4.49. The van der Waals surface area contributed by atoms with E-state index in [0.29, 0.717) is 12.3 Å². The normalized spacial score (nSPS) is 30.4. The average molecular weight is 476 g/mol. The Balaban J connectivity index is 2.29. The molecule has 0 amide bonds. The van der Waals surface area contributed by atoms with E-state index < -0.39 is 23.6 Å². The number of hydrogen-bond acceptors (Lipinski definition) is 6. The van der Waals surface area contributed by atoms with Crippen molar-refractivity contribution in [1.82, 2.24) is 4.98 Å². The summed E-state index contributed by atoms with van der Waals surface area (Å²) in [6.45, 7) is 13.6. The van der Waals surface area contributed by atoms with Crippen molar-refractivity contribution in [3.63, 3.8) is 0 Å². The van der Waals surface area contributed by atoms with Gasteiger partial charge in [0.15, 0.2) is 0 Å². The topological polar surface area (TPSA) is 76.5 Å². The molecule has 1 aliphatic rings. The van der Waals surface area contributed by atoms with Gasteiger partial charge in [-0.05, 0) is 57.6 Å². The van der Waals surface area contributed by atoms with Crippen molar-refractivity contribution in [2.24, 2.45) is 17.3 Å². The summed E-state index contributed by atoms with van der Waals surface area (Å²) in [5.74, 6) is -0.217. The first kappa shape index (κ1) is 27.5. The molecule has 2 heterocycles. The van der Waals surface area contributed by atoms with Gasteiger partial charge in [0.05, 0.1) is 28.6 Å². The van der Waals surface area contributed by atoms with Crippen molar-refractivity contribution < 1.29 is 19.4 Å². The second kappa shape index (κ2) is 12.1. The van der Waals surface area contributed by atoms with Crippen molar-refractivity contribution in [1.29, 1.82) is 0 Å². The van der Waals surface area contributed by atoms with Crippen LogP contribution in [0, 0.1) is 24.2 Å². The van der Waals surface area contributed by atoms with Crippen LogP contribution in [0.25, 0.3) is 6.08 Å². The molecule has 1 aromatic rings. The molecule has 0 fully saturated rings. The SMILES string of the molecule is C/C1=C/CC(/C(C)=C/c2csc(C)n2)OC(=O)CC(O)C(C)(C)C(=O)C(C)CC(C)CCC1. The first-order valence-corrected chi connectivity index (χ1v) is 13.0. The third kappa shape index (κ3) is 8.18. The second-order valence-electron chi connectivity index (χ2n) is 10.4. The lowest BCUT2D eigenvalue weighted by atomic mass is 9.74. The Morgan fingerprint density at radius 2 is 1.97 bits per heavy atom. The van der Waals surface area contributed by atoms with E-state index in [9.17, 15) is 14.7 Å². The van der Waals surface area contributed by atoms with Gasteiger partial charge in [-0.1, -0.05) is 45.8 Å². The summed E-state index contributed by atoms with van der Waals surface area (Å²) in [5, 5.41) is 13.8. The standard InChI is InChI=1S/C27H41NO4S/c1-17-9-8-10-18(2)13-20(4)26(31)27(6,7)24(29)15-25(30)32-23(12-11-17)19(3)14-22-16-33-21(5)28-22/h11,14,16,18,20,23-24,29H,8-10,12-13,15H2,1-7H3/b17-11-,19-14+. The van der Waals surface area contributed by atoms with Gasteiger partial charge in [-0.15, -0.1) is 11.3 Å². The predicted molar refractivity (Wildman–Crippen MR) is 135 cm³/mol. The molecule has 2 rings (SSSR count). The summed E-state index contributed by atoms with van der Waals surface area (Å²) >= 11 is 1.58. The van der Waals surface area contributed by atoms with Crippen molar-refractivity contribution in [2.75, 3.05) is 0 Å². The van der Waals surface area contributed by atoms with Crippen LogP contribution in [-0.2, 0) is 14.3 Å². The van der Waals surface area contributed by atoms with Crippen LogP contribution in [0.5, 0.6) is 0 Å². The number of thiazole rings is 1. The molecule has 0 aliphatic carbocycles. The van der Waals surface area contributed by atoms with Gasteiger partial charge >= 0.3 is 5.97 Å². The Kier molecular flexibility index (Phi) is 10.0. The lowest BCUT2D eigenvalue weighted by molar-refractivity contribution is -0.153. The van der Waals surface area contributed by atoms with E-state index in [1.807, 2.05) is 32.2 Å². The minimum atomic E-state index is -1.09. The molecule has 4 atom stereocenters. The third-order valence-electron chi connectivity index (χ3n) is 6.77. The number of Topliss-reactive ketones (excluding diaryl/α,β-unsaturated/α-hetero) is 1. The molecule has 4 unspecified atom stereocenters. The Morgan fingerprint density at radius 1 is 1.27 bits per heavy atom. The number of carbonyl (C=O) groups excluding carboxylic acids is 2. The molecule has 184 valence electrons. The Bertz CT molecular complexity index is 882. The molecule has 6 heteroatoms. The van der Waals surface area contributed by atoms with Gasteiger partial charge < -0.3 is 9.84 Å². The second-order valence-corrected chi connectivity index (χ2v) is 11.4. The van der Waals surface area contributed by atoms with E-state index in [1.165, 1.54) is 5.57 Å². The largest absolute Gasteiger partial charge is 0.457 e. The molecule has 1 aliphatic heterocycles. The van der Waals surface area contributed by atoms with Gasteiger partial charge in [0.2, 0.25) is 0 Å². The minimum absolute atomic E-state index is 0.00403. The smallest absolute Gasteiger partial charge is 0.309 e. The fourth-order valence-corrected chi connectivity index (χ4v) is 5.06. The highest BCUT2D eigenvalue weighted by Crippen LogP contribution is 2.32. The van der Waals surface area contributed by atoms with E-state index >= 15 is 0 Å². The lowest BCUT2D eigenvalue weighted by Gasteiger charge is -2.32. The summed E-state index contributed by atoms with van der Waals surface area (Å²) in [6, 6.07) is 0. The van der Waals surface area contributed by atoms with Crippen LogP contribution in [0.15, 0.2) is 22.6 Å². The maximum Gasteiger partial charge on any atom is 0.309 e. The zero-order valence-electron chi connectivity index (χ0n) is 21.3. The van der Waals surface area contributed by atoms with E-state index in [4.69, 9.17) is 4.74 Å². The molecule has 0 saturated carbocycles. The van der Waals surface area contributed by atoms with Crippen molar-refractivity contribution in [3.05, 3.63) is 33.3 Å². The van der Waals surface area contributed by atoms with Crippen LogP contribution < -0.4 is 0 Å². The third-order valence-corrected chi connectivity index (χ3v) is 7.57. The van der Waals surface area contributed by atoms with Gasteiger partial charge in [-0.25, -0.2) is 4.98 Å². The number of hydrogen-bond donors (Lipinski definition) is 1. The van der Waals surface area contributed by atoms with Crippen LogP contribution in [-0.4, -0.2) is 34.1 Å². The van der Waals surface area contributed by atoms with Gasteiger partial charge in [0.25, 0.3) is 0 Å². The Labute approximate surface area is 203 Å². The van der Waals surface area contributed by atoms with Crippen LogP contribution in [0.4, 0.5) is 0 Å². The number of esters is 1. The molecule has 0 aromatic carbocycles. The number of aliphatic hydroxyl groups is 1. The molecular weight excluding hydrogens is 434 g/mol. The highest BCUT2D eigenvalue weighted by atomic mass is 32.1. The number of nitrogens with zero attached hydrogens (tertiary/aromatic N) is 1. The highest BCUT2D eigenvalue weighted by molar-refractivity contribution is 7.09. The maximum absolute atomic E-state index is 13.1. The number of aryl methyl sites for hydroxylation is 1. The molecule has 0 saturated heterocycles. The van der Waals surface area contributed by atoms with Crippen molar-refractivity contribution in [2.45, 2.75) is 99.2 Å². The minimum Gasteiger partial charge on any atom is -0.457 e. The van der Waals surface area contributed by atoms with Crippen LogP contribution >= 0.6 is 11.3 Å². The maximum atomic E-state index is 13.1. The first-order valence-electron chi connectivity index (χ1n) is 12.1. The number of rotatable bonds is 2. The Hall–Kier alpha value is -1.79.